The molecule has 0 bridgehead atoms. The van der Waals surface area contributed by atoms with Crippen LogP contribution in [0.5, 0.6) is 0 Å². The molecule has 3 aliphatic rings. The van der Waals surface area contributed by atoms with Crippen LogP contribution in [0.15, 0.2) is 48.5 Å². The van der Waals surface area contributed by atoms with Crippen molar-refractivity contribution >= 4 is 18.0 Å². The zero-order chi connectivity index (χ0) is 23.7. The van der Waals surface area contributed by atoms with Gasteiger partial charge in [0, 0.05) is 18.5 Å². The highest BCUT2D eigenvalue weighted by atomic mass is 16.5. The molecule has 7 heteroatoms. The number of carbonyl (C=O) groups excluding carboxylic acids is 2. The molecule has 0 aliphatic heterocycles. The van der Waals surface area contributed by atoms with Crippen LogP contribution in [-0.2, 0) is 14.3 Å². The van der Waals surface area contributed by atoms with Gasteiger partial charge in [-0.2, -0.15) is 0 Å². The molecule has 0 spiro atoms. The van der Waals surface area contributed by atoms with Crippen LogP contribution >= 0.6 is 0 Å². The molecule has 0 aromatic heterocycles. The minimum Gasteiger partial charge on any atom is -0.481 e. The first-order valence-electron chi connectivity index (χ1n) is 12.2. The molecule has 2 amide bonds. The Bertz CT molecular complexity index is 1050. The second-order valence-electron chi connectivity index (χ2n) is 9.55. The van der Waals surface area contributed by atoms with Gasteiger partial charge in [0.1, 0.15) is 12.6 Å². The maximum atomic E-state index is 13.4. The minimum atomic E-state index is -0.928. The molecule has 5 rings (SSSR count). The largest absolute Gasteiger partial charge is 0.481 e. The Hall–Kier alpha value is -3.35. The van der Waals surface area contributed by atoms with Gasteiger partial charge in [-0.15, -0.1) is 0 Å². The monoisotopic (exact) mass is 462 g/mol. The van der Waals surface area contributed by atoms with Crippen molar-refractivity contribution < 1.29 is 24.2 Å². The van der Waals surface area contributed by atoms with E-state index in [1.54, 1.807) is 4.90 Å². The first-order chi connectivity index (χ1) is 16.5. The highest BCUT2D eigenvalue weighted by molar-refractivity contribution is 5.87. The third-order valence-electron chi connectivity index (χ3n) is 7.34. The van der Waals surface area contributed by atoms with E-state index in [4.69, 9.17) is 9.84 Å². The molecule has 2 aromatic rings. The molecule has 0 radical (unpaired) electrons. The van der Waals surface area contributed by atoms with Crippen LogP contribution in [0.4, 0.5) is 4.79 Å². The van der Waals surface area contributed by atoms with E-state index in [0.717, 1.165) is 54.4 Å². The highest BCUT2D eigenvalue weighted by Crippen LogP contribution is 2.44. The van der Waals surface area contributed by atoms with Crippen molar-refractivity contribution in [2.75, 3.05) is 13.2 Å². The SMILES string of the molecule is O=C(O)CCN(C(=O)C(NC(=O)OCC1c2ccccc2-c2ccccc21)C1CCC1)C1CC1. The zero-order valence-electron chi connectivity index (χ0n) is 19.1. The Kier molecular flexibility index (Phi) is 6.26. The van der Waals surface area contributed by atoms with Crippen molar-refractivity contribution in [1.29, 1.82) is 0 Å². The van der Waals surface area contributed by atoms with Crippen molar-refractivity contribution in [3.05, 3.63) is 59.7 Å². The van der Waals surface area contributed by atoms with Gasteiger partial charge >= 0.3 is 12.1 Å². The Morgan fingerprint density at radius 2 is 1.59 bits per heavy atom. The number of carboxylic acid groups (broad SMARTS) is 1. The van der Waals surface area contributed by atoms with Crippen LogP contribution in [0.25, 0.3) is 11.1 Å². The summed E-state index contributed by atoms with van der Waals surface area (Å²) in [6.07, 6.45) is 3.85. The van der Waals surface area contributed by atoms with Gasteiger partial charge in [0.2, 0.25) is 5.91 Å². The summed E-state index contributed by atoms with van der Waals surface area (Å²) in [4.78, 5) is 38.9. The van der Waals surface area contributed by atoms with Crippen LogP contribution in [0.2, 0.25) is 0 Å². The van der Waals surface area contributed by atoms with Crippen LogP contribution < -0.4 is 5.32 Å². The molecular weight excluding hydrogens is 432 g/mol. The van der Waals surface area contributed by atoms with Crippen LogP contribution in [0, 0.1) is 5.92 Å². The topological polar surface area (TPSA) is 95.9 Å². The summed E-state index contributed by atoms with van der Waals surface area (Å²) in [5.41, 5.74) is 4.59. The summed E-state index contributed by atoms with van der Waals surface area (Å²) in [5, 5.41) is 11.9. The van der Waals surface area contributed by atoms with E-state index in [1.807, 2.05) is 24.3 Å². The average Bonchev–Trinajstić information content (AvgIpc) is 3.58. The van der Waals surface area contributed by atoms with Crippen LogP contribution in [-0.4, -0.2) is 53.2 Å². The van der Waals surface area contributed by atoms with Crippen LogP contribution in [0.3, 0.4) is 0 Å². The minimum absolute atomic E-state index is 0.0467. The smallest absolute Gasteiger partial charge is 0.407 e. The van der Waals surface area contributed by atoms with Gasteiger partial charge in [-0.25, -0.2) is 4.79 Å². The molecule has 7 nitrogen and oxygen atoms in total. The number of ether oxygens (including phenoxy) is 1. The maximum absolute atomic E-state index is 13.4. The number of amides is 2. The van der Waals surface area contributed by atoms with Gasteiger partial charge in [-0.1, -0.05) is 55.0 Å². The molecule has 34 heavy (non-hydrogen) atoms. The number of carbonyl (C=O) groups is 3. The summed E-state index contributed by atoms with van der Waals surface area (Å²) in [6, 6.07) is 15.7. The van der Waals surface area contributed by atoms with Gasteiger partial charge in [0.15, 0.2) is 0 Å². The third kappa shape index (κ3) is 4.52. The van der Waals surface area contributed by atoms with Crippen LogP contribution in [0.1, 0.15) is 55.6 Å². The van der Waals surface area contributed by atoms with Gasteiger partial charge < -0.3 is 20.1 Å². The molecule has 2 aromatic carbocycles. The highest BCUT2D eigenvalue weighted by Gasteiger charge is 2.41. The number of alkyl carbamates (subject to hydrolysis) is 1. The second-order valence-corrected chi connectivity index (χ2v) is 9.55. The number of nitrogens with zero attached hydrogens (tertiary/aromatic N) is 1. The van der Waals surface area contributed by atoms with Gasteiger partial charge in [-0.3, -0.25) is 9.59 Å². The fourth-order valence-corrected chi connectivity index (χ4v) is 5.18. The summed E-state index contributed by atoms with van der Waals surface area (Å²) in [5.74, 6) is -1.08. The lowest BCUT2D eigenvalue weighted by atomic mass is 9.79. The molecule has 178 valence electrons. The lowest BCUT2D eigenvalue weighted by Gasteiger charge is -2.36. The quantitative estimate of drug-likeness (QED) is 0.583. The predicted molar refractivity (Wildman–Crippen MR) is 126 cm³/mol. The summed E-state index contributed by atoms with van der Waals surface area (Å²) in [7, 11) is 0. The number of hydrogen-bond donors (Lipinski definition) is 2. The zero-order valence-corrected chi connectivity index (χ0v) is 19.1. The van der Waals surface area contributed by atoms with E-state index >= 15 is 0 Å². The van der Waals surface area contributed by atoms with Gasteiger partial charge in [-0.05, 0) is 53.9 Å². The molecule has 2 saturated carbocycles. The van der Waals surface area contributed by atoms with Crippen molar-refractivity contribution in [1.82, 2.24) is 10.2 Å². The normalized spacial score (nSPS) is 17.8. The summed E-state index contributed by atoms with van der Waals surface area (Å²) < 4.78 is 5.68. The molecule has 3 aliphatic carbocycles. The molecule has 2 fully saturated rings. The number of benzene rings is 2. The van der Waals surface area contributed by atoms with E-state index in [2.05, 4.69) is 29.6 Å². The average molecular weight is 463 g/mol. The Morgan fingerprint density at radius 3 is 2.12 bits per heavy atom. The fraction of sp³-hybridized carbons (Fsp3) is 0.444. The number of aliphatic carboxylic acids is 1. The van der Waals surface area contributed by atoms with Crippen molar-refractivity contribution in [2.45, 2.75) is 56.5 Å². The summed E-state index contributed by atoms with van der Waals surface area (Å²) in [6.45, 7) is 0.366. The van der Waals surface area contributed by atoms with Gasteiger partial charge in [0.05, 0.1) is 6.42 Å². The Balaban J connectivity index is 1.26. The number of hydrogen-bond acceptors (Lipinski definition) is 4. The molecule has 0 heterocycles. The van der Waals surface area contributed by atoms with E-state index in [-0.39, 0.29) is 43.4 Å². The summed E-state index contributed by atoms with van der Waals surface area (Å²) >= 11 is 0. The van der Waals surface area contributed by atoms with E-state index < -0.39 is 18.1 Å². The van der Waals surface area contributed by atoms with E-state index in [0.29, 0.717) is 0 Å². The standard InChI is InChI=1S/C27H30N2O5/c30-24(31)14-15-29(18-12-13-18)26(32)25(17-6-5-7-17)28-27(33)34-16-23-21-10-3-1-8-19(21)20-9-2-4-11-22(20)23/h1-4,8-11,17-18,23,25H,5-7,12-16H2,(H,28,33)(H,30,31). The molecule has 1 atom stereocenters. The number of rotatable bonds is 9. The fourth-order valence-electron chi connectivity index (χ4n) is 5.18. The molecule has 1 unspecified atom stereocenters. The first kappa shape index (κ1) is 22.4. The van der Waals surface area contributed by atoms with Gasteiger partial charge in [0.25, 0.3) is 0 Å². The number of nitrogens with one attached hydrogen (secondary N) is 1. The van der Waals surface area contributed by atoms with E-state index in [9.17, 15) is 14.4 Å². The number of carboxylic acids is 1. The lowest BCUT2D eigenvalue weighted by molar-refractivity contribution is -0.140. The van der Waals surface area contributed by atoms with Crippen molar-refractivity contribution in [3.8, 4) is 11.1 Å². The number of fused-ring (bicyclic) bond motifs is 3. The first-order valence-corrected chi connectivity index (χ1v) is 12.2. The maximum Gasteiger partial charge on any atom is 0.407 e. The van der Waals surface area contributed by atoms with Crippen molar-refractivity contribution in [2.24, 2.45) is 5.92 Å². The van der Waals surface area contributed by atoms with E-state index in [1.165, 1.54) is 0 Å². The lowest BCUT2D eigenvalue weighted by Crippen LogP contribution is -2.54. The Morgan fingerprint density at radius 1 is 0.971 bits per heavy atom. The Labute approximate surface area is 199 Å². The molecule has 2 N–H and O–H groups in total. The second kappa shape index (κ2) is 9.49. The molecule has 0 saturated heterocycles. The molecular formula is C27H30N2O5. The third-order valence-corrected chi connectivity index (χ3v) is 7.34. The van der Waals surface area contributed by atoms with Crippen molar-refractivity contribution in [3.63, 3.8) is 0 Å². The predicted octanol–water partition coefficient (Wildman–Crippen LogP) is 4.16.